The molecule has 0 aliphatic heterocycles. The molecule has 4 rings (SSSR count). The Balaban J connectivity index is 0.000000582. The maximum absolute atomic E-state index is 12.7. The Morgan fingerprint density at radius 2 is 1.73 bits per heavy atom. The van der Waals surface area contributed by atoms with Gasteiger partial charge in [0.15, 0.2) is 0 Å². The van der Waals surface area contributed by atoms with Gasteiger partial charge in [-0.1, -0.05) is 43.6 Å². The number of phenolic OH excluding ortho intramolecular Hbond substituents is 1. The second-order valence-electron chi connectivity index (χ2n) is 8.81. The van der Waals surface area contributed by atoms with Crippen molar-refractivity contribution in [2.75, 3.05) is 7.11 Å². The molecule has 33 heavy (non-hydrogen) atoms. The van der Waals surface area contributed by atoms with Crippen LogP contribution in [0.5, 0.6) is 5.75 Å². The van der Waals surface area contributed by atoms with Gasteiger partial charge in [0, 0.05) is 18.1 Å². The van der Waals surface area contributed by atoms with E-state index in [0.717, 1.165) is 48.8 Å². The number of fused-ring (bicyclic) bond motifs is 1. The van der Waals surface area contributed by atoms with Crippen molar-refractivity contribution in [1.29, 1.82) is 5.41 Å². The van der Waals surface area contributed by atoms with E-state index in [1.54, 1.807) is 20.1 Å². The standard InChI is InChI=1S/C23H25ClO3.C2H6N2.C2H6/c1-14(25)22-21-11-15(17-9-18(24)12-19(26)10-17)3-4-16(21)13-23(22)7-5-20(27-2)6-8-23;1-2(3)4;1-2/h3-4,9-12,20,22,26H,5-8,13H2,1-2H3;1H3,(H3,3,4);1-2H3. The Morgan fingerprint density at radius 1 is 1.12 bits per heavy atom. The van der Waals surface area contributed by atoms with E-state index in [2.05, 4.69) is 18.2 Å². The number of phenols is 1. The zero-order valence-corrected chi connectivity index (χ0v) is 21.1. The number of Topliss-reactive ketones (excluding diaryl/α,β-unsaturated/α-hetero) is 1. The number of carbonyl (C=O) groups excluding carboxylic acids is 1. The van der Waals surface area contributed by atoms with Crippen molar-refractivity contribution in [3.8, 4) is 16.9 Å². The lowest BCUT2D eigenvalue weighted by Crippen LogP contribution is -2.36. The van der Waals surface area contributed by atoms with E-state index in [-0.39, 0.29) is 28.7 Å². The minimum absolute atomic E-state index is 0.0261. The number of halogens is 1. The lowest BCUT2D eigenvalue weighted by molar-refractivity contribution is -0.122. The van der Waals surface area contributed by atoms with E-state index in [9.17, 15) is 9.90 Å². The van der Waals surface area contributed by atoms with Crippen LogP contribution in [0.25, 0.3) is 11.1 Å². The molecule has 0 aromatic heterocycles. The number of benzene rings is 2. The normalized spacial score (nSPS) is 23.0. The van der Waals surface area contributed by atoms with Crippen molar-refractivity contribution in [2.24, 2.45) is 11.1 Å². The van der Waals surface area contributed by atoms with Crippen molar-refractivity contribution in [3.05, 3.63) is 52.5 Å². The average molecular weight is 473 g/mol. The third kappa shape index (κ3) is 6.36. The summed E-state index contributed by atoms with van der Waals surface area (Å²) in [7, 11) is 1.78. The molecule has 180 valence electrons. The van der Waals surface area contributed by atoms with Crippen LogP contribution in [0.3, 0.4) is 0 Å². The zero-order valence-electron chi connectivity index (χ0n) is 20.4. The largest absolute Gasteiger partial charge is 0.508 e. The van der Waals surface area contributed by atoms with Crippen LogP contribution >= 0.6 is 11.6 Å². The molecule has 6 heteroatoms. The fourth-order valence-corrected chi connectivity index (χ4v) is 5.50. The molecular formula is C27H37ClN2O3. The second-order valence-corrected chi connectivity index (χ2v) is 9.25. The van der Waals surface area contributed by atoms with Gasteiger partial charge in [0.2, 0.25) is 0 Å². The van der Waals surface area contributed by atoms with E-state index in [0.29, 0.717) is 11.1 Å². The minimum atomic E-state index is -0.0574. The summed E-state index contributed by atoms with van der Waals surface area (Å²) in [6.45, 7) is 7.25. The number of methoxy groups -OCH3 is 1. The predicted molar refractivity (Wildman–Crippen MR) is 136 cm³/mol. The van der Waals surface area contributed by atoms with Gasteiger partial charge in [-0.15, -0.1) is 0 Å². The van der Waals surface area contributed by atoms with Crippen LogP contribution in [0.15, 0.2) is 36.4 Å². The Bertz CT molecular complexity index is 957. The van der Waals surface area contributed by atoms with Crippen molar-refractivity contribution in [2.45, 2.75) is 71.8 Å². The van der Waals surface area contributed by atoms with Crippen LogP contribution in [0.2, 0.25) is 5.02 Å². The van der Waals surface area contributed by atoms with Crippen LogP contribution in [0.4, 0.5) is 0 Å². The zero-order chi connectivity index (χ0) is 24.8. The highest BCUT2D eigenvalue weighted by Crippen LogP contribution is 2.56. The molecule has 0 bridgehead atoms. The maximum atomic E-state index is 12.7. The van der Waals surface area contributed by atoms with E-state index in [1.165, 1.54) is 18.6 Å². The molecule has 4 N–H and O–H groups in total. The fraction of sp³-hybridized carbons (Fsp3) is 0.481. The second kappa shape index (κ2) is 11.7. The average Bonchev–Trinajstić information content (AvgIpc) is 3.07. The summed E-state index contributed by atoms with van der Waals surface area (Å²) in [6.07, 6.45) is 5.36. The number of aromatic hydroxyl groups is 1. The van der Waals surface area contributed by atoms with Crippen molar-refractivity contribution < 1.29 is 14.6 Å². The summed E-state index contributed by atoms with van der Waals surface area (Å²) in [5.41, 5.74) is 9.00. The van der Waals surface area contributed by atoms with Gasteiger partial charge < -0.3 is 15.6 Å². The Labute approximate surface area is 202 Å². The minimum Gasteiger partial charge on any atom is -0.508 e. The summed E-state index contributed by atoms with van der Waals surface area (Å²) in [5.74, 6) is 0.504. The molecule has 0 amide bonds. The van der Waals surface area contributed by atoms with Crippen LogP contribution in [-0.2, 0) is 16.0 Å². The van der Waals surface area contributed by atoms with Gasteiger partial charge in [0.05, 0.1) is 11.9 Å². The first-order chi connectivity index (χ1) is 15.6. The van der Waals surface area contributed by atoms with E-state index in [4.69, 9.17) is 27.5 Å². The first kappa shape index (κ1) is 26.9. The van der Waals surface area contributed by atoms with Crippen LogP contribution in [-0.4, -0.2) is 29.9 Å². The number of ketones is 1. The molecule has 1 unspecified atom stereocenters. The number of ether oxygens (including phenoxy) is 1. The van der Waals surface area contributed by atoms with Crippen LogP contribution in [0.1, 0.15) is 70.4 Å². The Kier molecular flexibility index (Phi) is 9.50. The monoisotopic (exact) mass is 472 g/mol. The van der Waals surface area contributed by atoms with E-state index in [1.807, 2.05) is 19.9 Å². The molecule has 2 aliphatic rings. The van der Waals surface area contributed by atoms with E-state index < -0.39 is 0 Å². The van der Waals surface area contributed by atoms with Crippen molar-refractivity contribution in [3.63, 3.8) is 0 Å². The number of carbonyl (C=O) groups is 1. The van der Waals surface area contributed by atoms with Gasteiger partial charge in [-0.05, 0) is 91.8 Å². The van der Waals surface area contributed by atoms with Gasteiger partial charge in [-0.25, -0.2) is 0 Å². The van der Waals surface area contributed by atoms with Crippen molar-refractivity contribution in [1.82, 2.24) is 0 Å². The van der Waals surface area contributed by atoms with Gasteiger partial charge in [-0.3, -0.25) is 10.2 Å². The SMILES string of the molecule is CC.CC(=N)N.COC1CCC2(CC1)Cc1ccc(-c3cc(O)cc(Cl)c3)cc1C2C(C)=O. The molecule has 2 aliphatic carbocycles. The first-order valence-electron chi connectivity index (χ1n) is 11.6. The number of rotatable bonds is 3. The number of nitrogens with two attached hydrogens (primary N) is 1. The van der Waals surface area contributed by atoms with Crippen LogP contribution < -0.4 is 5.73 Å². The molecule has 1 fully saturated rings. The molecule has 0 heterocycles. The molecule has 2 aromatic rings. The molecule has 1 saturated carbocycles. The van der Waals surface area contributed by atoms with Gasteiger partial charge in [-0.2, -0.15) is 0 Å². The van der Waals surface area contributed by atoms with Crippen molar-refractivity contribution >= 4 is 23.2 Å². The number of hydrogen-bond acceptors (Lipinski definition) is 4. The highest BCUT2D eigenvalue weighted by Gasteiger charge is 2.49. The molecule has 1 atom stereocenters. The third-order valence-corrected chi connectivity index (χ3v) is 6.71. The first-order valence-corrected chi connectivity index (χ1v) is 12.0. The summed E-state index contributed by atoms with van der Waals surface area (Å²) >= 11 is 6.11. The molecule has 0 saturated heterocycles. The van der Waals surface area contributed by atoms with Crippen LogP contribution in [0, 0.1) is 10.8 Å². The predicted octanol–water partition coefficient (Wildman–Crippen LogP) is 6.49. The van der Waals surface area contributed by atoms with Gasteiger partial charge in [0.1, 0.15) is 11.5 Å². The molecular weight excluding hydrogens is 436 g/mol. The molecule has 1 spiro atoms. The fourth-order valence-electron chi connectivity index (χ4n) is 5.27. The Morgan fingerprint density at radius 3 is 2.24 bits per heavy atom. The maximum Gasteiger partial charge on any atom is 0.137 e. The molecule has 2 aromatic carbocycles. The highest BCUT2D eigenvalue weighted by atomic mass is 35.5. The number of amidine groups is 1. The van der Waals surface area contributed by atoms with E-state index >= 15 is 0 Å². The molecule has 5 nitrogen and oxygen atoms in total. The van der Waals surface area contributed by atoms with Gasteiger partial charge in [0.25, 0.3) is 0 Å². The summed E-state index contributed by atoms with van der Waals surface area (Å²) in [4.78, 5) is 12.7. The lowest BCUT2D eigenvalue weighted by Gasteiger charge is -2.40. The summed E-state index contributed by atoms with van der Waals surface area (Å²) in [5, 5.41) is 16.7. The van der Waals surface area contributed by atoms with Gasteiger partial charge >= 0.3 is 0 Å². The lowest BCUT2D eigenvalue weighted by atomic mass is 9.64. The number of hydrogen-bond donors (Lipinski definition) is 3. The summed E-state index contributed by atoms with van der Waals surface area (Å²) in [6, 6.07) is 11.4. The molecule has 0 radical (unpaired) electrons. The smallest absolute Gasteiger partial charge is 0.137 e. The topological polar surface area (TPSA) is 96.4 Å². The Hall–Kier alpha value is -2.37. The third-order valence-electron chi connectivity index (χ3n) is 6.50. The summed E-state index contributed by atoms with van der Waals surface area (Å²) < 4.78 is 5.54. The quantitative estimate of drug-likeness (QED) is 0.351. The number of nitrogens with one attached hydrogen (secondary N) is 1. The highest BCUT2D eigenvalue weighted by molar-refractivity contribution is 6.31.